The third-order valence-electron chi connectivity index (χ3n) is 7.09. The minimum absolute atomic E-state index is 0.0302. The predicted molar refractivity (Wildman–Crippen MR) is 111 cm³/mol. The maximum Gasteiger partial charge on any atom is 0.238 e. The number of amides is 2. The Bertz CT molecular complexity index is 712. The second kappa shape index (κ2) is 8.64. The van der Waals surface area contributed by atoms with E-state index in [1.54, 1.807) is 0 Å². The molecule has 0 radical (unpaired) electrons. The number of nitrogens with zero attached hydrogens (tertiary/aromatic N) is 2. The van der Waals surface area contributed by atoms with Crippen molar-refractivity contribution in [3.8, 4) is 0 Å². The van der Waals surface area contributed by atoms with Gasteiger partial charge in [-0.1, -0.05) is 31.5 Å². The van der Waals surface area contributed by atoms with Gasteiger partial charge in [0, 0.05) is 38.3 Å². The average molecular weight is 384 g/mol. The largest absolute Gasteiger partial charge is 0.340 e. The number of rotatable bonds is 6. The van der Waals surface area contributed by atoms with Gasteiger partial charge in [0.1, 0.15) is 0 Å². The molecule has 152 valence electrons. The van der Waals surface area contributed by atoms with Crippen molar-refractivity contribution < 1.29 is 9.59 Å². The molecular weight excluding hydrogens is 350 g/mol. The summed E-state index contributed by atoms with van der Waals surface area (Å²) >= 11 is 0. The van der Waals surface area contributed by atoms with E-state index in [0.29, 0.717) is 18.4 Å². The third-order valence-corrected chi connectivity index (χ3v) is 7.09. The number of benzene rings is 1. The van der Waals surface area contributed by atoms with Crippen molar-refractivity contribution in [1.82, 2.24) is 9.80 Å². The molecule has 2 bridgehead atoms. The molecule has 2 aliphatic carbocycles. The molecule has 1 N–H and O–H groups in total. The lowest BCUT2D eigenvalue weighted by Gasteiger charge is -2.35. The van der Waals surface area contributed by atoms with E-state index in [0.717, 1.165) is 62.1 Å². The van der Waals surface area contributed by atoms with Crippen molar-refractivity contribution in [3.63, 3.8) is 0 Å². The number of aryl methyl sites for hydroxylation is 1. The summed E-state index contributed by atoms with van der Waals surface area (Å²) in [6, 6.07) is 7.97. The molecule has 0 unspecified atom stereocenters. The number of carbonyl (C=O) groups is 2. The molecule has 2 amide bonds. The maximum absolute atomic E-state index is 12.7. The van der Waals surface area contributed by atoms with Crippen molar-refractivity contribution in [1.29, 1.82) is 0 Å². The fraction of sp³-hybridized carbons (Fsp3) is 0.652. The lowest BCUT2D eigenvalue weighted by atomic mass is 9.86. The van der Waals surface area contributed by atoms with Gasteiger partial charge in [-0.25, -0.2) is 0 Å². The summed E-state index contributed by atoms with van der Waals surface area (Å²) in [6.07, 6.45) is 7.01. The fourth-order valence-electron chi connectivity index (χ4n) is 5.48. The van der Waals surface area contributed by atoms with Crippen LogP contribution < -0.4 is 5.32 Å². The third kappa shape index (κ3) is 4.40. The maximum atomic E-state index is 12.7. The molecule has 28 heavy (non-hydrogen) atoms. The Balaban J connectivity index is 1.20. The van der Waals surface area contributed by atoms with E-state index in [1.165, 1.54) is 25.7 Å². The second-order valence-electron chi connectivity index (χ2n) is 8.85. The van der Waals surface area contributed by atoms with Gasteiger partial charge in [0.25, 0.3) is 0 Å². The molecule has 5 heteroatoms. The van der Waals surface area contributed by atoms with Gasteiger partial charge in [0.2, 0.25) is 11.8 Å². The number of carbonyl (C=O) groups excluding carboxylic acids is 2. The lowest BCUT2D eigenvalue weighted by Crippen LogP contribution is -2.50. The van der Waals surface area contributed by atoms with Crippen LogP contribution in [0.5, 0.6) is 0 Å². The second-order valence-corrected chi connectivity index (χ2v) is 8.85. The van der Waals surface area contributed by atoms with Gasteiger partial charge in [-0.2, -0.15) is 0 Å². The number of nitrogens with one attached hydrogen (secondary N) is 1. The summed E-state index contributed by atoms with van der Waals surface area (Å²) in [4.78, 5) is 29.3. The van der Waals surface area contributed by atoms with Gasteiger partial charge in [-0.15, -0.1) is 0 Å². The first-order chi connectivity index (χ1) is 13.6. The molecule has 1 aromatic rings. The predicted octanol–water partition coefficient (Wildman–Crippen LogP) is 3.16. The highest BCUT2D eigenvalue weighted by Gasteiger charge is 2.40. The molecule has 1 aliphatic heterocycles. The van der Waals surface area contributed by atoms with Crippen LogP contribution >= 0.6 is 0 Å². The number of fused-ring (bicyclic) bond motifs is 2. The highest BCUT2D eigenvalue weighted by molar-refractivity contribution is 5.93. The van der Waals surface area contributed by atoms with Gasteiger partial charge in [-0.05, 0) is 55.1 Å². The Morgan fingerprint density at radius 3 is 2.54 bits per heavy atom. The van der Waals surface area contributed by atoms with Crippen molar-refractivity contribution >= 4 is 17.5 Å². The van der Waals surface area contributed by atoms with Crippen LogP contribution in [0.3, 0.4) is 0 Å². The Morgan fingerprint density at radius 1 is 1.07 bits per heavy atom. The minimum Gasteiger partial charge on any atom is -0.340 e. The lowest BCUT2D eigenvalue weighted by molar-refractivity contribution is -0.134. The molecule has 5 nitrogen and oxygen atoms in total. The minimum atomic E-state index is 0.0302. The highest BCUT2D eigenvalue weighted by Crippen LogP contribution is 2.49. The van der Waals surface area contributed by atoms with Gasteiger partial charge < -0.3 is 10.2 Å². The molecule has 1 aromatic carbocycles. The summed E-state index contributed by atoms with van der Waals surface area (Å²) < 4.78 is 0. The van der Waals surface area contributed by atoms with E-state index in [1.807, 2.05) is 23.1 Å². The van der Waals surface area contributed by atoms with Gasteiger partial charge >= 0.3 is 0 Å². The van der Waals surface area contributed by atoms with Gasteiger partial charge in [-0.3, -0.25) is 14.5 Å². The number of anilines is 1. The molecular formula is C23H33N3O2. The molecule has 1 saturated heterocycles. The van der Waals surface area contributed by atoms with Crippen molar-refractivity contribution in [2.24, 2.45) is 17.8 Å². The van der Waals surface area contributed by atoms with Gasteiger partial charge in [0.15, 0.2) is 0 Å². The van der Waals surface area contributed by atoms with E-state index < -0.39 is 0 Å². The molecule has 3 fully saturated rings. The first-order valence-electron chi connectivity index (χ1n) is 11.0. The molecule has 2 saturated carbocycles. The smallest absolute Gasteiger partial charge is 0.238 e. The van der Waals surface area contributed by atoms with E-state index in [9.17, 15) is 9.59 Å². The summed E-state index contributed by atoms with van der Waals surface area (Å²) in [5.74, 6) is 2.70. The summed E-state index contributed by atoms with van der Waals surface area (Å²) in [5.41, 5.74) is 2.07. The van der Waals surface area contributed by atoms with Crippen LogP contribution in [0.25, 0.3) is 0 Å². The molecule has 0 aromatic heterocycles. The molecule has 3 atom stereocenters. The number of hydrogen-bond donors (Lipinski definition) is 1. The van der Waals surface area contributed by atoms with Crippen LogP contribution in [0.4, 0.5) is 5.69 Å². The first-order valence-corrected chi connectivity index (χ1v) is 11.0. The van der Waals surface area contributed by atoms with Crippen LogP contribution in [-0.4, -0.2) is 54.3 Å². The zero-order chi connectivity index (χ0) is 19.5. The first kappa shape index (κ1) is 19.4. The Kier molecular flexibility index (Phi) is 6.00. The van der Waals surface area contributed by atoms with Crippen molar-refractivity contribution in [3.05, 3.63) is 29.8 Å². The topological polar surface area (TPSA) is 52.7 Å². The van der Waals surface area contributed by atoms with Crippen LogP contribution in [-0.2, 0) is 16.0 Å². The molecule has 0 spiro atoms. The summed E-state index contributed by atoms with van der Waals surface area (Å²) in [5, 5.41) is 3.05. The normalized spacial score (nSPS) is 27.2. The summed E-state index contributed by atoms with van der Waals surface area (Å²) in [7, 11) is 0. The quantitative estimate of drug-likeness (QED) is 0.821. The Morgan fingerprint density at radius 2 is 1.86 bits per heavy atom. The highest BCUT2D eigenvalue weighted by atomic mass is 16.2. The zero-order valence-corrected chi connectivity index (χ0v) is 17.0. The number of para-hydroxylation sites is 1. The van der Waals surface area contributed by atoms with Crippen LogP contribution in [0.2, 0.25) is 0 Å². The Hall–Kier alpha value is -1.88. The van der Waals surface area contributed by atoms with E-state index in [4.69, 9.17) is 0 Å². The zero-order valence-electron chi connectivity index (χ0n) is 17.0. The van der Waals surface area contributed by atoms with Gasteiger partial charge in [0.05, 0.1) is 6.54 Å². The van der Waals surface area contributed by atoms with Crippen molar-refractivity contribution in [2.75, 3.05) is 38.0 Å². The monoisotopic (exact) mass is 383 g/mol. The van der Waals surface area contributed by atoms with E-state index in [2.05, 4.69) is 23.2 Å². The van der Waals surface area contributed by atoms with E-state index >= 15 is 0 Å². The van der Waals surface area contributed by atoms with E-state index in [-0.39, 0.29) is 5.91 Å². The Labute approximate surface area is 168 Å². The summed E-state index contributed by atoms with van der Waals surface area (Å²) in [6.45, 7) is 5.55. The molecule has 1 heterocycles. The van der Waals surface area contributed by atoms with Crippen LogP contribution in [0.1, 0.15) is 44.6 Å². The molecule has 3 aliphatic rings. The standard InChI is InChI=1S/C23H33N3O2/c1-2-18-5-3-4-6-21(18)24-22(27)16-25-9-11-26(12-10-25)23(28)15-20-14-17-7-8-19(20)13-17/h3-6,17,19-20H,2,7-16H2,1H3,(H,24,27)/t17-,19+,20+/m0/s1. The number of piperazine rings is 1. The fourth-order valence-corrected chi connectivity index (χ4v) is 5.48. The number of hydrogen-bond acceptors (Lipinski definition) is 3. The van der Waals surface area contributed by atoms with Crippen molar-refractivity contribution in [2.45, 2.75) is 45.4 Å². The molecule has 4 rings (SSSR count). The average Bonchev–Trinajstić information content (AvgIpc) is 3.32. The SMILES string of the molecule is CCc1ccccc1NC(=O)CN1CCN(C(=O)C[C@H]2C[C@H]3CC[C@@H]2C3)CC1. The van der Waals surface area contributed by atoms with Crippen LogP contribution in [0, 0.1) is 17.8 Å². The van der Waals surface area contributed by atoms with Crippen LogP contribution in [0.15, 0.2) is 24.3 Å².